The molecule has 0 aromatic heterocycles. The van der Waals surface area contributed by atoms with E-state index in [1.165, 1.54) is 0 Å². The van der Waals surface area contributed by atoms with Crippen molar-refractivity contribution in [2.75, 3.05) is 19.6 Å². The molecule has 4 amide bonds. The van der Waals surface area contributed by atoms with E-state index >= 15 is 0 Å². The summed E-state index contributed by atoms with van der Waals surface area (Å²) in [4.78, 5) is 61.2. The normalized spacial score (nSPS) is 16.7. The van der Waals surface area contributed by atoms with E-state index in [1.807, 2.05) is 74.5 Å². The second-order valence-corrected chi connectivity index (χ2v) is 14.4. The molecule has 290 valence electrons. The summed E-state index contributed by atoms with van der Waals surface area (Å²) in [6, 6.07) is 14.9. The van der Waals surface area contributed by atoms with Crippen LogP contribution in [0.25, 0.3) is 0 Å². The molecule has 0 aliphatic carbocycles. The number of amidine groups is 1. The standard InChI is InChI=1S/C39H60N10O4/c1-26(2)23-32(48-37(52)33(25-29-13-7-4-8-14-29)47-35(50)30(40)24-28-11-5-3-6-12-28)36(51)46-31(16-9-20-45-39(43)44)38(53)49-21-10-15-27(19-22-49)17-18-34(41)42/h3-8,11-14,26-27,30-33H,9-10,15-25,40H2,1-2H3,(H3,41,42)(H,46,51)(H,47,50)(H,48,52)(H4,43,44,45)/t27?,30-,31-,32-,33-/m1/s1. The predicted octanol–water partition coefficient (Wildman–Crippen LogP) is 1.70. The zero-order valence-corrected chi connectivity index (χ0v) is 31.3. The van der Waals surface area contributed by atoms with Crippen molar-refractivity contribution in [3.05, 3.63) is 71.8 Å². The number of rotatable bonds is 20. The minimum atomic E-state index is -1.01. The van der Waals surface area contributed by atoms with Gasteiger partial charge in [-0.2, -0.15) is 0 Å². The van der Waals surface area contributed by atoms with Crippen LogP contribution in [0.1, 0.15) is 76.3 Å². The molecule has 0 bridgehead atoms. The molecule has 5 atom stereocenters. The summed E-state index contributed by atoms with van der Waals surface area (Å²) in [5.41, 5.74) is 24.6. The van der Waals surface area contributed by atoms with Gasteiger partial charge < -0.3 is 43.8 Å². The molecule has 12 N–H and O–H groups in total. The van der Waals surface area contributed by atoms with Crippen molar-refractivity contribution in [2.45, 2.75) is 102 Å². The molecule has 1 saturated heterocycles. The van der Waals surface area contributed by atoms with Crippen molar-refractivity contribution < 1.29 is 19.2 Å². The molecular formula is C39H60N10O4. The van der Waals surface area contributed by atoms with Gasteiger partial charge in [0.15, 0.2) is 5.96 Å². The van der Waals surface area contributed by atoms with Gasteiger partial charge in [-0.3, -0.25) is 29.6 Å². The van der Waals surface area contributed by atoms with E-state index in [2.05, 4.69) is 20.9 Å². The van der Waals surface area contributed by atoms with Crippen molar-refractivity contribution >= 4 is 35.4 Å². The Balaban J connectivity index is 1.78. The van der Waals surface area contributed by atoms with Crippen LogP contribution in [0.4, 0.5) is 0 Å². The predicted molar refractivity (Wildman–Crippen MR) is 208 cm³/mol. The van der Waals surface area contributed by atoms with E-state index in [0.29, 0.717) is 51.1 Å². The van der Waals surface area contributed by atoms with Crippen LogP contribution < -0.4 is 38.9 Å². The van der Waals surface area contributed by atoms with Crippen LogP contribution >= 0.6 is 0 Å². The summed E-state index contributed by atoms with van der Waals surface area (Å²) in [7, 11) is 0. The van der Waals surface area contributed by atoms with Gasteiger partial charge in [-0.15, -0.1) is 0 Å². The molecule has 1 aliphatic heterocycles. The molecule has 1 aliphatic rings. The molecular weight excluding hydrogens is 672 g/mol. The molecule has 14 heteroatoms. The summed E-state index contributed by atoms with van der Waals surface area (Å²) < 4.78 is 0. The Kier molecular flexibility index (Phi) is 17.7. The molecule has 3 rings (SSSR count). The van der Waals surface area contributed by atoms with Crippen LogP contribution in [0.5, 0.6) is 0 Å². The molecule has 53 heavy (non-hydrogen) atoms. The number of carbonyl (C=O) groups excluding carboxylic acids is 4. The first-order chi connectivity index (χ1) is 25.3. The minimum Gasteiger partial charge on any atom is -0.388 e. The molecule has 1 heterocycles. The molecule has 1 fully saturated rings. The molecule has 2 aromatic carbocycles. The number of aliphatic imine (C=N–C) groups is 1. The van der Waals surface area contributed by atoms with Crippen molar-refractivity contribution in [1.29, 1.82) is 5.41 Å². The molecule has 14 nitrogen and oxygen atoms in total. The van der Waals surface area contributed by atoms with Crippen LogP contribution in [0.3, 0.4) is 0 Å². The Morgan fingerprint density at radius 1 is 0.811 bits per heavy atom. The van der Waals surface area contributed by atoms with E-state index in [0.717, 1.165) is 36.8 Å². The maximum Gasteiger partial charge on any atom is 0.245 e. The highest BCUT2D eigenvalue weighted by Crippen LogP contribution is 2.23. The van der Waals surface area contributed by atoms with Crippen LogP contribution in [-0.4, -0.2) is 84.1 Å². The number of hydrogen-bond acceptors (Lipinski definition) is 7. The number of nitrogens with two attached hydrogens (primary N) is 4. The third-order valence-corrected chi connectivity index (χ3v) is 9.43. The average molecular weight is 733 g/mol. The first-order valence-electron chi connectivity index (χ1n) is 18.7. The lowest BCUT2D eigenvalue weighted by Gasteiger charge is -2.29. The number of benzene rings is 2. The van der Waals surface area contributed by atoms with Crippen molar-refractivity contribution in [3.63, 3.8) is 0 Å². The van der Waals surface area contributed by atoms with Gasteiger partial charge >= 0.3 is 0 Å². The lowest BCUT2D eigenvalue weighted by molar-refractivity contribution is -0.138. The van der Waals surface area contributed by atoms with Crippen molar-refractivity contribution in [3.8, 4) is 0 Å². The smallest absolute Gasteiger partial charge is 0.245 e. The second-order valence-electron chi connectivity index (χ2n) is 14.4. The fraction of sp³-hybridized carbons (Fsp3) is 0.538. The Hall–Kier alpha value is -4.98. The lowest BCUT2D eigenvalue weighted by Crippen LogP contribution is -2.58. The SMILES string of the molecule is CC(C)C[C@@H](NC(=O)[C@@H](Cc1ccccc1)NC(=O)[C@H](N)Cc1ccccc1)C(=O)N[C@H](CCCN=C(N)N)C(=O)N1CCCC(CCC(=N)N)CC1. The Morgan fingerprint density at radius 3 is 2.00 bits per heavy atom. The molecule has 0 radical (unpaired) electrons. The van der Waals surface area contributed by atoms with Crippen LogP contribution in [-0.2, 0) is 32.0 Å². The van der Waals surface area contributed by atoms with Gasteiger partial charge in [0.1, 0.15) is 18.1 Å². The summed E-state index contributed by atoms with van der Waals surface area (Å²) in [6.45, 7) is 5.25. The fourth-order valence-corrected chi connectivity index (χ4v) is 6.56. The largest absolute Gasteiger partial charge is 0.388 e. The number of carbonyl (C=O) groups is 4. The zero-order chi connectivity index (χ0) is 38.8. The Bertz CT molecular complexity index is 1500. The van der Waals surface area contributed by atoms with Crippen LogP contribution in [0, 0.1) is 17.2 Å². The van der Waals surface area contributed by atoms with Crippen molar-refractivity contribution in [2.24, 2.45) is 39.8 Å². The van der Waals surface area contributed by atoms with Crippen molar-refractivity contribution in [1.82, 2.24) is 20.9 Å². The minimum absolute atomic E-state index is 0.0149. The van der Waals surface area contributed by atoms with Gasteiger partial charge in [0.2, 0.25) is 23.6 Å². The van der Waals surface area contributed by atoms with Crippen LogP contribution in [0.2, 0.25) is 0 Å². The number of nitrogens with zero attached hydrogens (tertiary/aromatic N) is 2. The van der Waals surface area contributed by atoms with Crippen LogP contribution in [0.15, 0.2) is 65.7 Å². The molecule has 0 saturated carbocycles. The highest BCUT2D eigenvalue weighted by atomic mass is 16.2. The average Bonchev–Trinajstić information content (AvgIpc) is 3.37. The lowest BCUT2D eigenvalue weighted by atomic mass is 9.95. The molecule has 2 aromatic rings. The van der Waals surface area contributed by atoms with Gasteiger partial charge in [-0.25, -0.2) is 0 Å². The highest BCUT2D eigenvalue weighted by Gasteiger charge is 2.33. The monoisotopic (exact) mass is 732 g/mol. The number of nitrogens with one attached hydrogen (secondary N) is 4. The second kappa shape index (κ2) is 22.2. The van der Waals surface area contributed by atoms with E-state index in [-0.39, 0.29) is 36.6 Å². The number of guanidine groups is 1. The third kappa shape index (κ3) is 15.7. The maximum absolute atomic E-state index is 14.0. The summed E-state index contributed by atoms with van der Waals surface area (Å²) in [5.74, 6) is -1.24. The third-order valence-electron chi connectivity index (χ3n) is 9.43. The summed E-state index contributed by atoms with van der Waals surface area (Å²) in [6.07, 6.45) is 5.35. The number of amides is 4. The molecule has 0 spiro atoms. The van der Waals surface area contributed by atoms with Gasteiger partial charge in [0.25, 0.3) is 0 Å². The maximum atomic E-state index is 14.0. The highest BCUT2D eigenvalue weighted by molar-refractivity contribution is 5.95. The van der Waals surface area contributed by atoms with E-state index in [9.17, 15) is 19.2 Å². The van der Waals surface area contributed by atoms with E-state index in [1.54, 1.807) is 4.90 Å². The van der Waals surface area contributed by atoms with Gasteiger partial charge in [0.05, 0.1) is 11.9 Å². The van der Waals surface area contributed by atoms with Gasteiger partial charge in [-0.1, -0.05) is 74.5 Å². The Morgan fingerprint density at radius 2 is 1.40 bits per heavy atom. The first kappa shape index (κ1) is 42.4. The molecule has 1 unspecified atom stereocenters. The zero-order valence-electron chi connectivity index (χ0n) is 31.3. The van der Waals surface area contributed by atoms with Gasteiger partial charge in [-0.05, 0) is 74.3 Å². The van der Waals surface area contributed by atoms with Gasteiger partial charge in [0, 0.05) is 32.5 Å². The van der Waals surface area contributed by atoms with E-state index < -0.39 is 41.9 Å². The quantitative estimate of drug-likeness (QED) is 0.0564. The van der Waals surface area contributed by atoms with E-state index in [4.69, 9.17) is 28.3 Å². The summed E-state index contributed by atoms with van der Waals surface area (Å²) in [5, 5.41) is 16.3. The number of hydrogen-bond donors (Lipinski definition) is 8. The number of likely N-dealkylation sites (tertiary alicyclic amines) is 1. The summed E-state index contributed by atoms with van der Waals surface area (Å²) >= 11 is 0. The fourth-order valence-electron chi connectivity index (χ4n) is 6.56. The first-order valence-corrected chi connectivity index (χ1v) is 18.7. The Labute approximate surface area is 313 Å². The topological polar surface area (TPSA) is 248 Å².